The largest absolute Gasteiger partial charge is 0.507 e. The lowest BCUT2D eigenvalue weighted by Gasteiger charge is -2.26. The molecule has 1 heterocycles. The molecule has 2 N–H and O–H groups in total. The number of aromatic hydroxyl groups is 1. The molecule has 0 aromatic heterocycles. The number of carbonyl (C=O) groups excluding carboxylic acids is 2. The lowest BCUT2D eigenvalue weighted by molar-refractivity contribution is -0.139. The van der Waals surface area contributed by atoms with Crippen LogP contribution in [0.15, 0.2) is 72.3 Å². The van der Waals surface area contributed by atoms with Crippen LogP contribution in [-0.2, 0) is 16.2 Å². The van der Waals surface area contributed by atoms with Crippen molar-refractivity contribution in [3.8, 4) is 17.2 Å². The van der Waals surface area contributed by atoms with Gasteiger partial charge in [-0.25, -0.2) is 0 Å². The van der Waals surface area contributed by atoms with E-state index in [1.54, 1.807) is 43.3 Å². The Morgan fingerprint density at radius 1 is 1.00 bits per heavy atom. The zero-order valence-corrected chi connectivity index (χ0v) is 23.4. The Labute approximate surface area is 235 Å². The predicted molar refractivity (Wildman–Crippen MR) is 153 cm³/mol. The Morgan fingerprint density at radius 2 is 1.73 bits per heavy atom. The van der Waals surface area contributed by atoms with Gasteiger partial charge in [-0.05, 0) is 94.0 Å². The summed E-state index contributed by atoms with van der Waals surface area (Å²) in [4.78, 5) is 30.0. The number of aliphatic hydroxyl groups is 1. The number of aryl methyl sites for hydroxylation is 1. The summed E-state index contributed by atoms with van der Waals surface area (Å²) in [6, 6.07) is 18.7. The number of carbonyl (C=O) groups is 2. The summed E-state index contributed by atoms with van der Waals surface area (Å²) in [5, 5.41) is 21.6. The standard InChI is InChI=1S/C32H36N2O6/c1-5-39-27-19-23(13-16-26(27)35)29-28(31(37)32(38)34(29)18-8-17-33(3)4)30(36)22-11-14-25(15-12-22)40-20-24-10-7-6-9-21(24)2/h6-7,9-16,19,29,35-36H,5,8,17-18,20H2,1-4H3. The second-order valence-corrected chi connectivity index (χ2v) is 10.0. The van der Waals surface area contributed by atoms with E-state index in [9.17, 15) is 19.8 Å². The van der Waals surface area contributed by atoms with E-state index < -0.39 is 17.7 Å². The molecule has 1 aliphatic rings. The van der Waals surface area contributed by atoms with E-state index in [0.717, 1.165) is 17.7 Å². The minimum atomic E-state index is -0.834. The molecule has 1 unspecified atom stereocenters. The SMILES string of the molecule is CCOc1cc(C2C(=C(O)c3ccc(OCc4ccccc4C)cc3)C(=O)C(=O)N2CCCN(C)C)ccc1O. The van der Waals surface area contributed by atoms with Gasteiger partial charge in [-0.3, -0.25) is 9.59 Å². The second kappa shape index (κ2) is 12.7. The summed E-state index contributed by atoms with van der Waals surface area (Å²) in [5.41, 5.74) is 3.16. The number of nitrogens with zero attached hydrogens (tertiary/aromatic N) is 2. The first kappa shape index (κ1) is 28.7. The molecule has 1 aliphatic heterocycles. The number of ketones is 1. The summed E-state index contributed by atoms with van der Waals surface area (Å²) >= 11 is 0. The maximum absolute atomic E-state index is 13.3. The minimum Gasteiger partial charge on any atom is -0.507 e. The van der Waals surface area contributed by atoms with Gasteiger partial charge in [0.25, 0.3) is 11.7 Å². The molecule has 1 amide bonds. The zero-order valence-electron chi connectivity index (χ0n) is 23.4. The molecule has 40 heavy (non-hydrogen) atoms. The maximum Gasteiger partial charge on any atom is 0.295 e. The Hall–Kier alpha value is -4.30. The monoisotopic (exact) mass is 544 g/mol. The number of ether oxygens (including phenoxy) is 2. The quantitative estimate of drug-likeness (QED) is 0.198. The smallest absolute Gasteiger partial charge is 0.295 e. The highest BCUT2D eigenvalue weighted by Gasteiger charge is 2.46. The Kier molecular flexibility index (Phi) is 9.11. The van der Waals surface area contributed by atoms with Crippen LogP contribution in [0.5, 0.6) is 17.2 Å². The molecule has 1 saturated heterocycles. The third-order valence-corrected chi connectivity index (χ3v) is 6.93. The molecule has 8 nitrogen and oxygen atoms in total. The van der Waals surface area contributed by atoms with Gasteiger partial charge >= 0.3 is 0 Å². The third-order valence-electron chi connectivity index (χ3n) is 6.93. The van der Waals surface area contributed by atoms with Gasteiger partial charge < -0.3 is 29.5 Å². The summed E-state index contributed by atoms with van der Waals surface area (Å²) in [6.07, 6.45) is 0.639. The van der Waals surface area contributed by atoms with Crippen molar-refractivity contribution in [2.45, 2.75) is 32.9 Å². The second-order valence-electron chi connectivity index (χ2n) is 10.0. The van der Waals surface area contributed by atoms with Crippen LogP contribution in [0.3, 0.4) is 0 Å². The van der Waals surface area contributed by atoms with Crippen molar-refractivity contribution in [2.24, 2.45) is 0 Å². The van der Waals surface area contributed by atoms with Crippen LogP contribution in [0.25, 0.3) is 5.76 Å². The molecular weight excluding hydrogens is 508 g/mol. The first-order valence-corrected chi connectivity index (χ1v) is 13.4. The predicted octanol–water partition coefficient (Wildman–Crippen LogP) is 5.05. The number of rotatable bonds is 11. The van der Waals surface area contributed by atoms with Gasteiger partial charge in [-0.2, -0.15) is 0 Å². The number of phenols is 1. The van der Waals surface area contributed by atoms with E-state index in [4.69, 9.17) is 9.47 Å². The molecule has 0 radical (unpaired) electrons. The number of hydrogen-bond donors (Lipinski definition) is 2. The molecule has 3 aromatic rings. The number of amides is 1. The van der Waals surface area contributed by atoms with Gasteiger partial charge in [0, 0.05) is 12.1 Å². The van der Waals surface area contributed by atoms with Crippen LogP contribution in [-0.4, -0.2) is 65.5 Å². The first-order valence-electron chi connectivity index (χ1n) is 13.4. The minimum absolute atomic E-state index is 0.00318. The van der Waals surface area contributed by atoms with Crippen LogP contribution in [0, 0.1) is 6.92 Å². The van der Waals surface area contributed by atoms with Crippen molar-refractivity contribution in [3.05, 3.63) is 94.6 Å². The van der Waals surface area contributed by atoms with Crippen LogP contribution in [0.1, 0.15) is 41.6 Å². The van der Waals surface area contributed by atoms with Gasteiger partial charge in [-0.1, -0.05) is 30.3 Å². The Morgan fingerprint density at radius 3 is 2.40 bits per heavy atom. The zero-order chi connectivity index (χ0) is 28.8. The fourth-order valence-electron chi connectivity index (χ4n) is 4.78. The van der Waals surface area contributed by atoms with E-state index >= 15 is 0 Å². The van der Waals surface area contributed by atoms with Gasteiger partial charge in [0.2, 0.25) is 0 Å². The summed E-state index contributed by atoms with van der Waals surface area (Å²) in [7, 11) is 3.88. The van der Waals surface area contributed by atoms with Crippen LogP contribution >= 0.6 is 0 Å². The van der Waals surface area contributed by atoms with Gasteiger partial charge in [0.15, 0.2) is 11.5 Å². The molecule has 8 heteroatoms. The van der Waals surface area contributed by atoms with Gasteiger partial charge in [0.05, 0.1) is 18.2 Å². The normalized spacial score (nSPS) is 16.5. The number of Topliss-reactive ketones (excluding diaryl/α,β-unsaturated/α-hetero) is 1. The van der Waals surface area contributed by atoms with Crippen molar-refractivity contribution >= 4 is 17.4 Å². The Balaban J connectivity index is 1.68. The lowest BCUT2D eigenvalue weighted by Crippen LogP contribution is -2.32. The molecule has 0 saturated carbocycles. The molecule has 0 aliphatic carbocycles. The summed E-state index contributed by atoms with van der Waals surface area (Å²) < 4.78 is 11.5. The third kappa shape index (κ3) is 6.29. The van der Waals surface area contributed by atoms with Crippen LogP contribution in [0.4, 0.5) is 0 Å². The van der Waals surface area contributed by atoms with Crippen molar-refractivity contribution in [1.29, 1.82) is 0 Å². The molecule has 1 atom stereocenters. The Bertz CT molecular complexity index is 1400. The van der Waals surface area contributed by atoms with Crippen molar-refractivity contribution in [2.75, 3.05) is 33.8 Å². The van der Waals surface area contributed by atoms with E-state index in [0.29, 0.717) is 43.1 Å². The fraction of sp³-hybridized carbons (Fsp3) is 0.312. The summed E-state index contributed by atoms with van der Waals surface area (Å²) in [5.74, 6) is -0.881. The number of hydrogen-bond acceptors (Lipinski definition) is 7. The molecule has 4 rings (SSSR count). The van der Waals surface area contributed by atoms with Gasteiger partial charge in [-0.15, -0.1) is 0 Å². The number of likely N-dealkylation sites (tertiary alicyclic amines) is 1. The van der Waals surface area contributed by atoms with Crippen molar-refractivity contribution in [3.63, 3.8) is 0 Å². The van der Waals surface area contributed by atoms with E-state index in [2.05, 4.69) is 0 Å². The molecule has 210 valence electrons. The molecule has 3 aromatic carbocycles. The number of aliphatic hydroxyl groups excluding tert-OH is 1. The topological polar surface area (TPSA) is 99.5 Å². The molecule has 1 fully saturated rings. The highest BCUT2D eigenvalue weighted by Crippen LogP contribution is 2.42. The van der Waals surface area contributed by atoms with E-state index in [1.807, 2.05) is 50.2 Å². The molecule has 0 spiro atoms. The highest BCUT2D eigenvalue weighted by atomic mass is 16.5. The average Bonchev–Trinajstić information content (AvgIpc) is 3.19. The van der Waals surface area contributed by atoms with E-state index in [-0.39, 0.29) is 22.8 Å². The lowest BCUT2D eigenvalue weighted by atomic mass is 9.95. The molecule has 0 bridgehead atoms. The maximum atomic E-state index is 13.3. The van der Waals surface area contributed by atoms with Gasteiger partial charge in [0.1, 0.15) is 18.1 Å². The average molecular weight is 545 g/mol. The van der Waals surface area contributed by atoms with E-state index in [1.165, 1.54) is 11.0 Å². The fourth-order valence-corrected chi connectivity index (χ4v) is 4.78. The van der Waals surface area contributed by atoms with Crippen molar-refractivity contribution < 1.29 is 29.3 Å². The number of phenolic OH excluding ortho intramolecular Hbond substituents is 1. The summed E-state index contributed by atoms with van der Waals surface area (Å²) in [6.45, 7) is 5.60. The highest BCUT2D eigenvalue weighted by molar-refractivity contribution is 6.46. The van der Waals surface area contributed by atoms with Crippen molar-refractivity contribution in [1.82, 2.24) is 9.80 Å². The van der Waals surface area contributed by atoms with Crippen LogP contribution < -0.4 is 9.47 Å². The molecular formula is C32H36N2O6. The van der Waals surface area contributed by atoms with Crippen LogP contribution in [0.2, 0.25) is 0 Å². The first-order chi connectivity index (χ1) is 19.2. The number of benzene rings is 3.